The molecule has 88 valence electrons. The Morgan fingerprint density at radius 2 is 1.88 bits per heavy atom. The van der Waals surface area contributed by atoms with Crippen molar-refractivity contribution in [2.45, 2.75) is 19.4 Å². The average molecular weight is 248 g/mol. The topological polar surface area (TPSA) is 51.8 Å². The molecule has 1 aromatic carbocycles. The number of benzene rings is 1. The van der Waals surface area contributed by atoms with Crippen molar-refractivity contribution >= 4 is 11.6 Å². The van der Waals surface area contributed by atoms with Crippen LogP contribution >= 0.6 is 11.6 Å². The summed E-state index contributed by atoms with van der Waals surface area (Å²) < 4.78 is 0. The smallest absolute Gasteiger partial charge is 0.160 e. The van der Waals surface area contributed by atoms with Gasteiger partial charge in [0.25, 0.3) is 0 Å². The number of nitrogens with two attached hydrogens (primary N) is 1. The van der Waals surface area contributed by atoms with Crippen LogP contribution in [0.4, 0.5) is 0 Å². The Bertz CT molecular complexity index is 494. The zero-order valence-corrected chi connectivity index (χ0v) is 10.4. The number of hydrogen-bond acceptors (Lipinski definition) is 3. The fourth-order valence-corrected chi connectivity index (χ4v) is 1.83. The van der Waals surface area contributed by atoms with Crippen molar-refractivity contribution in [2.24, 2.45) is 5.73 Å². The highest BCUT2D eigenvalue weighted by Crippen LogP contribution is 2.23. The molecule has 0 aliphatic carbocycles. The van der Waals surface area contributed by atoms with Gasteiger partial charge in [-0.05, 0) is 31.0 Å². The molecule has 2 aromatic rings. The third-order valence-corrected chi connectivity index (χ3v) is 2.71. The Kier molecular flexibility index (Phi) is 3.71. The minimum atomic E-state index is 0.116. The van der Waals surface area contributed by atoms with Gasteiger partial charge in [0.15, 0.2) is 5.82 Å². The minimum absolute atomic E-state index is 0.116. The van der Waals surface area contributed by atoms with E-state index >= 15 is 0 Å². The molecule has 1 atom stereocenters. The highest BCUT2D eigenvalue weighted by Gasteiger charge is 2.06. The molecule has 0 spiro atoms. The third-order valence-electron chi connectivity index (χ3n) is 2.38. The molecule has 4 heteroatoms. The Hall–Kier alpha value is -1.45. The van der Waals surface area contributed by atoms with E-state index in [2.05, 4.69) is 9.97 Å². The predicted octanol–water partition coefficient (Wildman–Crippen LogP) is 2.69. The van der Waals surface area contributed by atoms with E-state index in [9.17, 15) is 0 Å². The fourth-order valence-electron chi connectivity index (χ4n) is 1.61. The Labute approximate surface area is 106 Å². The summed E-state index contributed by atoms with van der Waals surface area (Å²) in [5.41, 5.74) is 7.61. The van der Waals surface area contributed by atoms with Gasteiger partial charge < -0.3 is 5.73 Å². The number of hydrogen-bond donors (Lipinski definition) is 1. The van der Waals surface area contributed by atoms with Crippen molar-refractivity contribution in [3.63, 3.8) is 0 Å². The SMILES string of the molecule is CC(N)Cc1cnc(-c2ccccc2Cl)nc1. The molecule has 0 bridgehead atoms. The van der Waals surface area contributed by atoms with Crippen LogP contribution in [0.25, 0.3) is 11.4 Å². The van der Waals surface area contributed by atoms with Gasteiger partial charge in [0.05, 0.1) is 5.02 Å². The lowest BCUT2D eigenvalue weighted by Gasteiger charge is -2.06. The minimum Gasteiger partial charge on any atom is -0.328 e. The van der Waals surface area contributed by atoms with Gasteiger partial charge in [-0.1, -0.05) is 23.7 Å². The highest BCUT2D eigenvalue weighted by atomic mass is 35.5. The normalized spacial score (nSPS) is 12.4. The molecule has 0 aliphatic rings. The van der Waals surface area contributed by atoms with E-state index in [4.69, 9.17) is 17.3 Å². The van der Waals surface area contributed by atoms with Gasteiger partial charge in [-0.25, -0.2) is 9.97 Å². The van der Waals surface area contributed by atoms with E-state index in [1.54, 1.807) is 12.4 Å². The highest BCUT2D eigenvalue weighted by molar-refractivity contribution is 6.33. The second kappa shape index (κ2) is 5.25. The van der Waals surface area contributed by atoms with Gasteiger partial charge in [-0.2, -0.15) is 0 Å². The first-order valence-corrected chi connectivity index (χ1v) is 5.86. The van der Waals surface area contributed by atoms with Crippen LogP contribution in [0.1, 0.15) is 12.5 Å². The van der Waals surface area contributed by atoms with Gasteiger partial charge in [0.1, 0.15) is 0 Å². The lowest BCUT2D eigenvalue weighted by atomic mass is 10.1. The zero-order valence-electron chi connectivity index (χ0n) is 9.60. The van der Waals surface area contributed by atoms with Gasteiger partial charge in [0.2, 0.25) is 0 Å². The van der Waals surface area contributed by atoms with Gasteiger partial charge >= 0.3 is 0 Å². The molecule has 0 saturated carbocycles. The van der Waals surface area contributed by atoms with Gasteiger partial charge in [0, 0.05) is 24.0 Å². The van der Waals surface area contributed by atoms with E-state index < -0.39 is 0 Å². The Morgan fingerprint density at radius 3 is 2.47 bits per heavy atom. The molecular formula is C13H14ClN3. The summed E-state index contributed by atoms with van der Waals surface area (Å²) in [6.45, 7) is 1.96. The number of halogens is 1. The second-order valence-electron chi connectivity index (χ2n) is 4.08. The molecule has 1 unspecified atom stereocenters. The molecule has 1 aromatic heterocycles. The maximum atomic E-state index is 6.08. The number of aromatic nitrogens is 2. The van der Waals surface area contributed by atoms with E-state index in [0.717, 1.165) is 17.5 Å². The summed E-state index contributed by atoms with van der Waals surface area (Å²) in [5.74, 6) is 0.643. The van der Waals surface area contributed by atoms with E-state index in [1.807, 2.05) is 31.2 Å². The van der Waals surface area contributed by atoms with Crippen LogP contribution in [-0.2, 0) is 6.42 Å². The van der Waals surface area contributed by atoms with E-state index in [0.29, 0.717) is 10.8 Å². The molecule has 0 radical (unpaired) electrons. The molecule has 0 aliphatic heterocycles. The molecule has 3 nitrogen and oxygen atoms in total. The molecule has 2 rings (SSSR count). The first kappa shape index (κ1) is 12.0. The number of nitrogens with zero attached hydrogens (tertiary/aromatic N) is 2. The van der Waals surface area contributed by atoms with Crippen LogP contribution in [0.5, 0.6) is 0 Å². The molecule has 0 saturated heterocycles. The van der Waals surface area contributed by atoms with Crippen LogP contribution in [0, 0.1) is 0 Å². The summed E-state index contributed by atoms with van der Waals surface area (Å²) in [4.78, 5) is 8.62. The first-order chi connectivity index (χ1) is 8.16. The van der Waals surface area contributed by atoms with E-state index in [-0.39, 0.29) is 6.04 Å². The molecule has 0 amide bonds. The van der Waals surface area contributed by atoms with Crippen molar-refractivity contribution in [2.75, 3.05) is 0 Å². The average Bonchev–Trinajstić information content (AvgIpc) is 2.30. The van der Waals surface area contributed by atoms with Crippen molar-refractivity contribution in [1.29, 1.82) is 0 Å². The zero-order chi connectivity index (χ0) is 12.3. The summed E-state index contributed by atoms with van der Waals surface area (Å²) in [7, 11) is 0. The maximum absolute atomic E-state index is 6.08. The monoisotopic (exact) mass is 247 g/mol. The largest absolute Gasteiger partial charge is 0.328 e. The van der Waals surface area contributed by atoms with Crippen LogP contribution in [0.2, 0.25) is 5.02 Å². The Balaban J connectivity index is 2.27. The maximum Gasteiger partial charge on any atom is 0.160 e. The second-order valence-corrected chi connectivity index (χ2v) is 4.48. The molecule has 1 heterocycles. The van der Waals surface area contributed by atoms with E-state index in [1.165, 1.54) is 0 Å². The summed E-state index contributed by atoms with van der Waals surface area (Å²) in [5, 5.41) is 0.660. The predicted molar refractivity (Wildman–Crippen MR) is 69.8 cm³/mol. The summed E-state index contributed by atoms with van der Waals surface area (Å²) in [6.07, 6.45) is 4.38. The van der Waals surface area contributed by atoms with Gasteiger partial charge in [-0.15, -0.1) is 0 Å². The van der Waals surface area contributed by atoms with Crippen LogP contribution < -0.4 is 5.73 Å². The van der Waals surface area contributed by atoms with Crippen LogP contribution in [0.3, 0.4) is 0 Å². The van der Waals surface area contributed by atoms with Crippen molar-refractivity contribution in [1.82, 2.24) is 9.97 Å². The molecular weight excluding hydrogens is 234 g/mol. The van der Waals surface area contributed by atoms with Crippen molar-refractivity contribution < 1.29 is 0 Å². The van der Waals surface area contributed by atoms with Crippen LogP contribution in [0.15, 0.2) is 36.7 Å². The quantitative estimate of drug-likeness (QED) is 0.907. The lowest BCUT2D eigenvalue weighted by molar-refractivity contribution is 0.732. The fraction of sp³-hybridized carbons (Fsp3) is 0.231. The molecule has 0 fully saturated rings. The number of rotatable bonds is 3. The standard InChI is InChI=1S/C13H14ClN3/c1-9(15)6-10-7-16-13(17-8-10)11-4-2-3-5-12(11)14/h2-5,7-9H,6,15H2,1H3. The molecule has 2 N–H and O–H groups in total. The lowest BCUT2D eigenvalue weighted by Crippen LogP contribution is -2.18. The molecule has 17 heavy (non-hydrogen) atoms. The van der Waals surface area contributed by atoms with Crippen molar-refractivity contribution in [3.8, 4) is 11.4 Å². The third kappa shape index (κ3) is 3.02. The summed E-state index contributed by atoms with van der Waals surface area (Å²) in [6, 6.07) is 7.65. The summed E-state index contributed by atoms with van der Waals surface area (Å²) >= 11 is 6.08. The van der Waals surface area contributed by atoms with Gasteiger partial charge in [-0.3, -0.25) is 0 Å². The Morgan fingerprint density at radius 1 is 1.24 bits per heavy atom. The van der Waals surface area contributed by atoms with Crippen molar-refractivity contribution in [3.05, 3.63) is 47.2 Å². The first-order valence-electron chi connectivity index (χ1n) is 5.48. The van der Waals surface area contributed by atoms with Crippen LogP contribution in [-0.4, -0.2) is 16.0 Å².